The Morgan fingerprint density at radius 3 is 2.71 bits per heavy atom. The molecule has 0 aromatic heterocycles. The second-order valence-corrected chi connectivity index (χ2v) is 4.15. The van der Waals surface area contributed by atoms with Gasteiger partial charge in [-0.1, -0.05) is 11.6 Å². The molecule has 0 aliphatic heterocycles. The van der Waals surface area contributed by atoms with Crippen molar-refractivity contribution in [3.63, 3.8) is 0 Å². The summed E-state index contributed by atoms with van der Waals surface area (Å²) in [7, 11) is 1.55. The number of rotatable bonds is 5. The van der Waals surface area contributed by atoms with Gasteiger partial charge in [0.2, 0.25) is 0 Å². The molecule has 94 valence electrons. The molecule has 0 spiro atoms. The first-order valence-electron chi connectivity index (χ1n) is 5.30. The van der Waals surface area contributed by atoms with Crippen LogP contribution in [0.15, 0.2) is 18.2 Å². The molecule has 0 atom stereocenters. The Bertz CT molecular complexity index is 393. The van der Waals surface area contributed by atoms with Crippen molar-refractivity contribution in [2.75, 3.05) is 19.0 Å². The predicted molar refractivity (Wildman–Crippen MR) is 67.7 cm³/mol. The zero-order valence-corrected chi connectivity index (χ0v) is 10.9. The van der Waals surface area contributed by atoms with E-state index in [1.54, 1.807) is 25.3 Å². The zero-order valence-electron chi connectivity index (χ0n) is 10.1. The summed E-state index contributed by atoms with van der Waals surface area (Å²) in [6.45, 7) is 3.73. The van der Waals surface area contributed by atoms with Crippen LogP contribution in [0.25, 0.3) is 0 Å². The second kappa shape index (κ2) is 6.35. The molecule has 0 aliphatic rings. The van der Waals surface area contributed by atoms with Crippen LogP contribution in [0.3, 0.4) is 0 Å². The second-order valence-electron chi connectivity index (χ2n) is 3.74. The number of esters is 1. The summed E-state index contributed by atoms with van der Waals surface area (Å²) in [6, 6.07) is 5.22. The molecule has 1 aromatic rings. The number of hydrogen-bond acceptors (Lipinski definition) is 4. The van der Waals surface area contributed by atoms with Gasteiger partial charge in [0.1, 0.15) is 12.3 Å². The van der Waals surface area contributed by atoms with Crippen LogP contribution in [0.4, 0.5) is 5.69 Å². The molecule has 5 heteroatoms. The topological polar surface area (TPSA) is 47.6 Å². The molecule has 0 fully saturated rings. The van der Waals surface area contributed by atoms with Crippen LogP contribution in [0.1, 0.15) is 13.8 Å². The van der Waals surface area contributed by atoms with Crippen molar-refractivity contribution >= 4 is 23.3 Å². The Morgan fingerprint density at radius 2 is 2.18 bits per heavy atom. The van der Waals surface area contributed by atoms with Gasteiger partial charge in [-0.05, 0) is 32.0 Å². The highest BCUT2D eigenvalue weighted by Crippen LogP contribution is 2.26. The fourth-order valence-electron chi connectivity index (χ4n) is 1.26. The van der Waals surface area contributed by atoms with Crippen LogP contribution >= 0.6 is 11.6 Å². The Morgan fingerprint density at radius 1 is 1.47 bits per heavy atom. The van der Waals surface area contributed by atoms with E-state index in [0.717, 1.165) is 5.69 Å². The molecule has 0 saturated heterocycles. The lowest BCUT2D eigenvalue weighted by Crippen LogP contribution is -2.20. The third kappa shape index (κ3) is 4.53. The minimum Gasteiger partial charge on any atom is -0.495 e. The lowest BCUT2D eigenvalue weighted by atomic mass is 10.3. The van der Waals surface area contributed by atoms with E-state index in [2.05, 4.69) is 5.32 Å². The average molecular weight is 258 g/mol. The van der Waals surface area contributed by atoms with Crippen LogP contribution in [-0.2, 0) is 9.53 Å². The van der Waals surface area contributed by atoms with Crippen molar-refractivity contribution in [1.82, 2.24) is 0 Å². The van der Waals surface area contributed by atoms with Crippen LogP contribution in [0.5, 0.6) is 5.75 Å². The Hall–Kier alpha value is -1.42. The standard InChI is InChI=1S/C12H16ClNO3/c1-8(2)17-12(15)7-14-9-4-5-11(16-3)10(13)6-9/h4-6,8,14H,7H2,1-3H3. The van der Waals surface area contributed by atoms with E-state index in [1.165, 1.54) is 0 Å². The smallest absolute Gasteiger partial charge is 0.325 e. The molecule has 0 unspecified atom stereocenters. The number of hydrogen-bond donors (Lipinski definition) is 1. The van der Waals surface area contributed by atoms with Gasteiger partial charge in [-0.2, -0.15) is 0 Å². The summed E-state index contributed by atoms with van der Waals surface area (Å²) in [5.41, 5.74) is 0.747. The number of halogens is 1. The molecule has 1 rings (SSSR count). The number of anilines is 1. The van der Waals surface area contributed by atoms with E-state index >= 15 is 0 Å². The molecule has 1 aromatic carbocycles. The monoisotopic (exact) mass is 257 g/mol. The van der Waals surface area contributed by atoms with Crippen LogP contribution < -0.4 is 10.1 Å². The Balaban J connectivity index is 2.52. The quantitative estimate of drug-likeness (QED) is 0.824. The fraction of sp³-hybridized carbons (Fsp3) is 0.417. The molecule has 0 amide bonds. The van der Waals surface area contributed by atoms with Gasteiger partial charge in [0, 0.05) is 5.69 Å². The van der Waals surface area contributed by atoms with Crippen molar-refractivity contribution in [2.45, 2.75) is 20.0 Å². The molecule has 0 radical (unpaired) electrons. The van der Waals surface area contributed by atoms with E-state index in [9.17, 15) is 4.79 Å². The number of carbonyl (C=O) groups excluding carboxylic acids is 1. The van der Waals surface area contributed by atoms with Crippen LogP contribution in [0, 0.1) is 0 Å². The van der Waals surface area contributed by atoms with Crippen molar-refractivity contribution in [1.29, 1.82) is 0 Å². The van der Waals surface area contributed by atoms with E-state index in [1.807, 2.05) is 13.8 Å². The third-order valence-corrected chi connectivity index (χ3v) is 2.25. The van der Waals surface area contributed by atoms with Gasteiger partial charge in [0.25, 0.3) is 0 Å². The summed E-state index contributed by atoms with van der Waals surface area (Å²) in [4.78, 5) is 11.3. The number of nitrogens with one attached hydrogen (secondary N) is 1. The summed E-state index contributed by atoms with van der Waals surface area (Å²) < 4.78 is 10.0. The zero-order chi connectivity index (χ0) is 12.8. The molecule has 17 heavy (non-hydrogen) atoms. The first-order chi connectivity index (χ1) is 8.02. The van der Waals surface area contributed by atoms with Gasteiger partial charge < -0.3 is 14.8 Å². The number of carbonyl (C=O) groups is 1. The highest BCUT2D eigenvalue weighted by molar-refractivity contribution is 6.32. The average Bonchev–Trinajstić information content (AvgIpc) is 2.25. The maximum Gasteiger partial charge on any atom is 0.325 e. The SMILES string of the molecule is COc1ccc(NCC(=O)OC(C)C)cc1Cl. The van der Waals surface area contributed by atoms with Gasteiger partial charge in [-0.15, -0.1) is 0 Å². The van der Waals surface area contributed by atoms with Crippen molar-refractivity contribution in [2.24, 2.45) is 0 Å². The van der Waals surface area contributed by atoms with Gasteiger partial charge >= 0.3 is 5.97 Å². The highest BCUT2D eigenvalue weighted by Gasteiger charge is 2.06. The molecular formula is C12H16ClNO3. The van der Waals surface area contributed by atoms with Gasteiger partial charge in [-0.3, -0.25) is 4.79 Å². The van der Waals surface area contributed by atoms with Crippen LogP contribution in [0.2, 0.25) is 5.02 Å². The van der Waals surface area contributed by atoms with Crippen molar-refractivity contribution in [3.8, 4) is 5.75 Å². The highest BCUT2D eigenvalue weighted by atomic mass is 35.5. The minimum atomic E-state index is -0.299. The molecule has 0 saturated carbocycles. The molecular weight excluding hydrogens is 242 g/mol. The van der Waals surface area contributed by atoms with Gasteiger partial charge in [0.15, 0.2) is 0 Å². The van der Waals surface area contributed by atoms with E-state index in [4.69, 9.17) is 21.1 Å². The van der Waals surface area contributed by atoms with Crippen molar-refractivity contribution < 1.29 is 14.3 Å². The van der Waals surface area contributed by atoms with Crippen LogP contribution in [-0.4, -0.2) is 25.7 Å². The van der Waals surface area contributed by atoms with E-state index < -0.39 is 0 Å². The first-order valence-corrected chi connectivity index (χ1v) is 5.67. The first kappa shape index (κ1) is 13.6. The summed E-state index contributed by atoms with van der Waals surface area (Å²) >= 11 is 5.95. The maximum absolute atomic E-state index is 11.3. The maximum atomic E-state index is 11.3. The lowest BCUT2D eigenvalue weighted by Gasteiger charge is -2.10. The number of methoxy groups -OCH3 is 1. The predicted octanol–water partition coefficient (Wildman–Crippen LogP) is 2.71. The van der Waals surface area contributed by atoms with E-state index in [-0.39, 0.29) is 18.6 Å². The number of ether oxygens (including phenoxy) is 2. The number of benzene rings is 1. The van der Waals surface area contributed by atoms with E-state index in [0.29, 0.717) is 10.8 Å². The molecule has 0 bridgehead atoms. The Labute approximate surface area is 106 Å². The minimum absolute atomic E-state index is 0.108. The molecule has 4 nitrogen and oxygen atoms in total. The summed E-state index contributed by atoms with van der Waals surface area (Å²) in [5.74, 6) is 0.300. The normalized spacial score (nSPS) is 10.2. The fourth-order valence-corrected chi connectivity index (χ4v) is 1.51. The Kier molecular flexibility index (Phi) is 5.10. The van der Waals surface area contributed by atoms with Gasteiger partial charge in [-0.25, -0.2) is 0 Å². The molecule has 0 aliphatic carbocycles. The molecule has 0 heterocycles. The summed E-state index contributed by atoms with van der Waals surface area (Å²) in [6.07, 6.45) is -0.108. The molecule has 1 N–H and O–H groups in total. The lowest BCUT2D eigenvalue weighted by molar-refractivity contribution is -0.145. The third-order valence-electron chi connectivity index (χ3n) is 1.96. The summed E-state index contributed by atoms with van der Waals surface area (Å²) in [5, 5.41) is 3.42. The van der Waals surface area contributed by atoms with Gasteiger partial charge in [0.05, 0.1) is 18.2 Å². The van der Waals surface area contributed by atoms with Crippen molar-refractivity contribution in [3.05, 3.63) is 23.2 Å². The largest absolute Gasteiger partial charge is 0.495 e.